The average molecular weight is 677 g/mol. The van der Waals surface area contributed by atoms with Crippen LogP contribution in [0.4, 0.5) is 39.5 Å². The number of halogens is 12. The quantitative estimate of drug-likeness (QED) is 0.229. The van der Waals surface area contributed by atoms with Crippen molar-refractivity contribution in [1.29, 1.82) is 0 Å². The second-order valence-corrected chi connectivity index (χ2v) is 12.0. The minimum Gasteiger partial charge on any atom is -0.378 e. The fourth-order valence-corrected chi connectivity index (χ4v) is 5.63. The minimum absolute atomic E-state index is 0.187. The molecule has 0 bridgehead atoms. The zero-order valence-electron chi connectivity index (χ0n) is 20.1. The Morgan fingerprint density at radius 2 is 1.59 bits per heavy atom. The molecular formula is C24H17Cl3F9NO3S. The van der Waals surface area contributed by atoms with Crippen molar-refractivity contribution in [2.45, 2.75) is 29.2 Å². The molecule has 41 heavy (non-hydrogen) atoms. The number of amides is 1. The van der Waals surface area contributed by atoms with Crippen molar-refractivity contribution in [3.05, 3.63) is 73.7 Å². The van der Waals surface area contributed by atoms with Crippen molar-refractivity contribution in [3.63, 3.8) is 0 Å². The summed E-state index contributed by atoms with van der Waals surface area (Å²) in [7, 11) is -2.55. The Balaban J connectivity index is 1.88. The van der Waals surface area contributed by atoms with Gasteiger partial charge in [-0.3, -0.25) is 9.00 Å². The topological polar surface area (TPSA) is 55.4 Å². The Morgan fingerprint density at radius 3 is 2.05 bits per heavy atom. The van der Waals surface area contributed by atoms with Crippen LogP contribution in [0.3, 0.4) is 0 Å². The summed E-state index contributed by atoms with van der Waals surface area (Å²) in [5.41, 5.74) is -3.26. The second kappa shape index (κ2) is 12.3. The summed E-state index contributed by atoms with van der Waals surface area (Å²) in [5, 5.41) is 1.33. The van der Waals surface area contributed by atoms with Gasteiger partial charge in [-0.2, -0.15) is 39.5 Å². The molecule has 1 fully saturated rings. The highest BCUT2D eigenvalue weighted by Gasteiger charge is 2.49. The first-order valence-corrected chi connectivity index (χ1v) is 13.6. The molecule has 2 unspecified atom stereocenters. The Hall–Kier alpha value is -2.00. The Labute approximate surface area is 244 Å². The number of hydrogen-bond donors (Lipinski definition) is 1. The number of alkyl halides is 9. The highest BCUT2D eigenvalue weighted by molar-refractivity contribution is 7.86. The molecule has 0 aromatic heterocycles. The molecule has 0 radical (unpaired) electrons. The molecule has 0 aliphatic carbocycles. The number of hydrogen-bond acceptors (Lipinski definition) is 3. The zero-order valence-corrected chi connectivity index (χ0v) is 23.2. The van der Waals surface area contributed by atoms with Crippen LogP contribution in [-0.4, -0.2) is 52.7 Å². The third-order valence-electron chi connectivity index (χ3n) is 5.87. The highest BCUT2D eigenvalue weighted by atomic mass is 35.5. The number of allylic oxidation sites excluding steroid dienone is 1. The van der Waals surface area contributed by atoms with Crippen LogP contribution in [0.2, 0.25) is 15.1 Å². The van der Waals surface area contributed by atoms with Crippen LogP contribution in [0.1, 0.15) is 33.0 Å². The number of rotatable bonds is 8. The molecule has 226 valence electrons. The smallest absolute Gasteiger partial charge is 0.378 e. The van der Waals surface area contributed by atoms with Gasteiger partial charge in [-0.05, 0) is 35.4 Å². The molecule has 4 nitrogen and oxygen atoms in total. The molecule has 1 saturated heterocycles. The van der Waals surface area contributed by atoms with Gasteiger partial charge in [0.15, 0.2) is 0 Å². The minimum atomic E-state index is -5.15. The van der Waals surface area contributed by atoms with Gasteiger partial charge in [0, 0.05) is 17.3 Å². The molecule has 1 N–H and O–H groups in total. The van der Waals surface area contributed by atoms with E-state index in [9.17, 15) is 48.5 Å². The van der Waals surface area contributed by atoms with E-state index in [1.54, 1.807) is 0 Å². The summed E-state index contributed by atoms with van der Waals surface area (Å²) < 4.78 is 136. The van der Waals surface area contributed by atoms with E-state index in [1.165, 1.54) is 0 Å². The number of benzene rings is 2. The Morgan fingerprint density at radius 1 is 1.00 bits per heavy atom. The van der Waals surface area contributed by atoms with Crippen molar-refractivity contribution in [2.75, 3.05) is 25.5 Å². The molecule has 2 atom stereocenters. The monoisotopic (exact) mass is 675 g/mol. The number of ether oxygens (including phenoxy) is 1. The lowest BCUT2D eigenvalue weighted by Gasteiger charge is -2.40. The molecule has 1 aliphatic heterocycles. The van der Waals surface area contributed by atoms with Crippen LogP contribution in [-0.2, 0) is 21.7 Å². The van der Waals surface area contributed by atoms with Gasteiger partial charge in [-0.25, -0.2) is 0 Å². The van der Waals surface area contributed by atoms with Gasteiger partial charge in [0.25, 0.3) is 5.91 Å². The summed E-state index contributed by atoms with van der Waals surface area (Å²) in [5.74, 6) is -5.39. The van der Waals surface area contributed by atoms with E-state index in [4.69, 9.17) is 39.5 Å². The molecular weight excluding hydrogens is 660 g/mol. The number of carbonyl (C=O) groups excluding carboxylic acids is 1. The van der Waals surface area contributed by atoms with Gasteiger partial charge in [0.05, 0.1) is 45.3 Å². The fourth-order valence-electron chi connectivity index (χ4n) is 3.75. The normalized spacial score (nSPS) is 17.3. The third-order valence-corrected chi connectivity index (χ3v) is 9.00. The maximum absolute atomic E-state index is 13.8. The molecule has 2 aromatic carbocycles. The van der Waals surface area contributed by atoms with Gasteiger partial charge in [-0.15, -0.1) is 0 Å². The van der Waals surface area contributed by atoms with Gasteiger partial charge in [-0.1, -0.05) is 53.0 Å². The lowest BCUT2D eigenvalue weighted by Crippen LogP contribution is -2.61. The first kappa shape index (κ1) is 33.5. The van der Waals surface area contributed by atoms with E-state index in [0.717, 1.165) is 24.3 Å². The maximum Gasteiger partial charge on any atom is 0.417 e. The van der Waals surface area contributed by atoms with E-state index in [-0.39, 0.29) is 20.6 Å². The lowest BCUT2D eigenvalue weighted by molar-refractivity contribution is -0.139. The van der Waals surface area contributed by atoms with E-state index in [0.29, 0.717) is 18.2 Å². The first-order chi connectivity index (χ1) is 18.7. The van der Waals surface area contributed by atoms with Crippen LogP contribution in [0.15, 0.2) is 36.4 Å². The number of nitrogens with one attached hydrogen (secondary N) is 1. The molecule has 1 heterocycles. The first-order valence-electron chi connectivity index (χ1n) is 11.2. The van der Waals surface area contributed by atoms with Crippen LogP contribution in [0.5, 0.6) is 0 Å². The average Bonchev–Trinajstić information content (AvgIpc) is 2.79. The third kappa shape index (κ3) is 8.31. The van der Waals surface area contributed by atoms with Crippen molar-refractivity contribution < 1.29 is 53.3 Å². The summed E-state index contributed by atoms with van der Waals surface area (Å²) in [6, 6.07) is 3.90. The zero-order chi connectivity index (χ0) is 31.0. The predicted octanol–water partition coefficient (Wildman–Crippen LogP) is 7.83. The molecule has 0 spiro atoms. The number of carbonyl (C=O) groups is 1. The summed E-state index contributed by atoms with van der Waals surface area (Å²) in [4.78, 5) is 12.6. The van der Waals surface area contributed by atoms with Crippen LogP contribution >= 0.6 is 34.8 Å². The summed E-state index contributed by atoms with van der Waals surface area (Å²) in [6.07, 6.45) is -13.5. The standard InChI is InChI=1S/C24H17Cl3F9NO3S/c25-17-6-13(7-18(26)19(17)27)15(23(31,32)33)4-2-12-1-3-14(16(5-12)24(34,35)36)20(38)37-8-21(9-40-10-21)41(39)11-22(28,29)30/h1-7,15H,8-11H2,(H,37,38). The molecule has 3 rings (SSSR count). The van der Waals surface area contributed by atoms with Gasteiger partial charge in [0.1, 0.15) is 10.5 Å². The van der Waals surface area contributed by atoms with Crippen molar-refractivity contribution >= 4 is 57.6 Å². The highest BCUT2D eigenvalue weighted by Crippen LogP contribution is 2.41. The van der Waals surface area contributed by atoms with E-state index in [1.807, 2.05) is 0 Å². The summed E-state index contributed by atoms with van der Waals surface area (Å²) >= 11 is 17.4. The van der Waals surface area contributed by atoms with Crippen LogP contribution in [0.25, 0.3) is 6.08 Å². The molecule has 2 aromatic rings. The molecule has 1 amide bonds. The second-order valence-electron chi connectivity index (χ2n) is 8.94. The van der Waals surface area contributed by atoms with E-state index >= 15 is 0 Å². The van der Waals surface area contributed by atoms with Gasteiger partial charge >= 0.3 is 18.5 Å². The maximum atomic E-state index is 13.8. The molecule has 1 aliphatic rings. The van der Waals surface area contributed by atoms with Crippen molar-refractivity contribution in [3.8, 4) is 0 Å². The predicted molar refractivity (Wildman–Crippen MR) is 136 cm³/mol. The largest absolute Gasteiger partial charge is 0.417 e. The molecule has 0 saturated carbocycles. The van der Waals surface area contributed by atoms with Crippen molar-refractivity contribution in [1.82, 2.24) is 5.32 Å². The fraction of sp³-hybridized carbons (Fsp3) is 0.375. The lowest BCUT2D eigenvalue weighted by atomic mass is 9.96. The Bertz CT molecular complexity index is 1330. The van der Waals surface area contributed by atoms with Crippen LogP contribution in [0, 0.1) is 0 Å². The molecule has 17 heteroatoms. The SMILES string of the molecule is O=C(NCC1(S(=O)CC(F)(F)F)COC1)c1ccc(C=CC(c2cc(Cl)c(Cl)c(Cl)c2)C(F)(F)F)cc1C(F)(F)F. The summed E-state index contributed by atoms with van der Waals surface area (Å²) in [6.45, 7) is -1.51. The van der Waals surface area contributed by atoms with Crippen LogP contribution < -0.4 is 5.32 Å². The Kier molecular flexibility index (Phi) is 10.1. The van der Waals surface area contributed by atoms with Gasteiger partial charge in [0.2, 0.25) is 0 Å². The van der Waals surface area contributed by atoms with Gasteiger partial charge < -0.3 is 10.1 Å². The van der Waals surface area contributed by atoms with E-state index in [2.05, 4.69) is 5.32 Å². The van der Waals surface area contributed by atoms with E-state index < -0.39 is 88.1 Å². The van der Waals surface area contributed by atoms with Crippen molar-refractivity contribution in [2.24, 2.45) is 0 Å².